The lowest BCUT2D eigenvalue weighted by Crippen LogP contribution is -2.36. The van der Waals surface area contributed by atoms with E-state index in [4.69, 9.17) is 9.84 Å². The van der Waals surface area contributed by atoms with Crippen molar-refractivity contribution in [2.24, 2.45) is 0 Å². The minimum atomic E-state index is -3.05. The Kier molecular flexibility index (Phi) is 2.21. The Hall–Kier alpha value is -0.220. The predicted molar refractivity (Wildman–Crippen MR) is 31.0 cm³/mol. The number of rotatable bonds is 2. The molecule has 1 aliphatic rings. The summed E-state index contributed by atoms with van der Waals surface area (Å²) in [4.78, 5) is 0. The van der Waals surface area contributed by atoms with Crippen molar-refractivity contribution in [2.45, 2.75) is 24.9 Å². The summed E-state index contributed by atoms with van der Waals surface area (Å²) < 4.78 is 29.7. The molecule has 1 aliphatic heterocycles. The van der Waals surface area contributed by atoms with Crippen LogP contribution in [0.15, 0.2) is 0 Å². The van der Waals surface area contributed by atoms with E-state index in [0.29, 0.717) is 19.4 Å². The van der Waals surface area contributed by atoms with E-state index in [1.54, 1.807) is 0 Å². The summed E-state index contributed by atoms with van der Waals surface area (Å²) in [5.41, 5.74) is 0. The molecule has 1 unspecified atom stereocenters. The van der Waals surface area contributed by atoms with Crippen LogP contribution in [0, 0.1) is 0 Å². The van der Waals surface area contributed by atoms with E-state index in [1.165, 1.54) is 0 Å². The van der Waals surface area contributed by atoms with Crippen LogP contribution < -0.4 is 0 Å². The maximum atomic E-state index is 12.5. The number of halogens is 2. The van der Waals surface area contributed by atoms with Crippen molar-refractivity contribution < 1.29 is 18.6 Å². The molecule has 0 aliphatic carbocycles. The molecule has 0 aromatic heterocycles. The van der Waals surface area contributed by atoms with Crippen LogP contribution in [0.4, 0.5) is 8.78 Å². The summed E-state index contributed by atoms with van der Waals surface area (Å²) in [5.74, 6) is -3.05. The first-order valence-electron chi connectivity index (χ1n) is 3.27. The van der Waals surface area contributed by atoms with Gasteiger partial charge in [0.2, 0.25) is 0 Å². The molecule has 2 nitrogen and oxygen atoms in total. The molecule has 1 atom stereocenters. The number of ether oxygens (including phenoxy) is 1. The minimum Gasteiger partial charge on any atom is -0.390 e. The molecule has 1 rings (SSSR count). The van der Waals surface area contributed by atoms with Crippen molar-refractivity contribution in [1.29, 1.82) is 0 Å². The first-order chi connectivity index (χ1) is 4.67. The second kappa shape index (κ2) is 2.80. The molecule has 0 bridgehead atoms. The Bertz CT molecular complexity index is 110. The quantitative estimate of drug-likeness (QED) is 0.634. The molecule has 0 aromatic carbocycles. The zero-order valence-electron chi connectivity index (χ0n) is 5.52. The predicted octanol–water partition coefficient (Wildman–Crippen LogP) is 0.793. The third kappa shape index (κ3) is 1.44. The Balaban J connectivity index is 2.45. The summed E-state index contributed by atoms with van der Waals surface area (Å²) in [7, 11) is 0. The van der Waals surface area contributed by atoms with Crippen LogP contribution in [0.2, 0.25) is 0 Å². The Morgan fingerprint density at radius 3 is 2.70 bits per heavy atom. The lowest BCUT2D eigenvalue weighted by Gasteiger charge is -2.19. The van der Waals surface area contributed by atoms with Crippen LogP contribution in [-0.2, 0) is 4.74 Å². The Labute approximate surface area is 57.8 Å². The molecule has 10 heavy (non-hydrogen) atoms. The Morgan fingerprint density at radius 2 is 2.30 bits per heavy atom. The van der Waals surface area contributed by atoms with Gasteiger partial charge in [0.25, 0.3) is 5.92 Å². The molecular weight excluding hydrogens is 142 g/mol. The average molecular weight is 152 g/mol. The third-order valence-electron chi connectivity index (χ3n) is 1.61. The lowest BCUT2D eigenvalue weighted by molar-refractivity contribution is -0.141. The molecule has 0 saturated carbocycles. The molecule has 1 heterocycles. The van der Waals surface area contributed by atoms with E-state index >= 15 is 0 Å². The average Bonchev–Trinajstić information content (AvgIpc) is 2.38. The van der Waals surface area contributed by atoms with Gasteiger partial charge in [-0.15, -0.1) is 0 Å². The van der Waals surface area contributed by atoms with Gasteiger partial charge in [-0.1, -0.05) is 0 Å². The molecule has 0 radical (unpaired) electrons. The highest BCUT2D eigenvalue weighted by molar-refractivity contribution is 4.80. The van der Waals surface area contributed by atoms with Crippen molar-refractivity contribution in [3.63, 3.8) is 0 Å². The van der Waals surface area contributed by atoms with E-state index in [9.17, 15) is 8.78 Å². The second-order valence-electron chi connectivity index (χ2n) is 2.42. The maximum absolute atomic E-state index is 12.5. The largest absolute Gasteiger partial charge is 0.390 e. The first-order valence-corrected chi connectivity index (χ1v) is 3.27. The highest BCUT2D eigenvalue weighted by atomic mass is 19.3. The number of hydrogen-bond acceptors (Lipinski definition) is 2. The lowest BCUT2D eigenvalue weighted by atomic mass is 10.1. The van der Waals surface area contributed by atoms with Crippen LogP contribution in [-0.4, -0.2) is 30.3 Å². The van der Waals surface area contributed by atoms with E-state index < -0.39 is 18.6 Å². The fourth-order valence-electron chi connectivity index (χ4n) is 1.01. The summed E-state index contributed by atoms with van der Waals surface area (Å²) in [6, 6.07) is 0. The molecule has 0 aromatic rings. The molecule has 4 heteroatoms. The van der Waals surface area contributed by atoms with Crippen LogP contribution in [0.25, 0.3) is 0 Å². The molecule has 1 fully saturated rings. The van der Waals surface area contributed by atoms with Gasteiger partial charge in [0.1, 0.15) is 12.7 Å². The van der Waals surface area contributed by atoms with Crippen LogP contribution in [0.1, 0.15) is 12.8 Å². The van der Waals surface area contributed by atoms with E-state index in [-0.39, 0.29) is 0 Å². The van der Waals surface area contributed by atoms with Gasteiger partial charge in [-0.25, -0.2) is 8.78 Å². The van der Waals surface area contributed by atoms with Gasteiger partial charge in [-0.2, -0.15) is 0 Å². The van der Waals surface area contributed by atoms with E-state index in [2.05, 4.69) is 0 Å². The summed E-state index contributed by atoms with van der Waals surface area (Å²) in [6.45, 7) is -0.724. The number of alkyl halides is 2. The van der Waals surface area contributed by atoms with Crippen molar-refractivity contribution in [2.75, 3.05) is 13.2 Å². The molecule has 1 saturated heterocycles. The minimum absolute atomic E-state index is 0.355. The van der Waals surface area contributed by atoms with Crippen LogP contribution in [0.3, 0.4) is 0 Å². The standard InChI is InChI=1S/C6H10F2O2/c7-6(8,4-9)5-2-1-3-10-5/h5,9H,1-4H2. The molecular formula is C6H10F2O2. The number of aliphatic hydroxyl groups excluding tert-OH is 1. The zero-order chi connectivity index (χ0) is 7.61. The van der Waals surface area contributed by atoms with Gasteiger partial charge in [0.15, 0.2) is 0 Å². The SMILES string of the molecule is OCC(F)(F)C1CCCO1. The summed E-state index contributed by atoms with van der Waals surface area (Å²) in [5, 5.41) is 8.22. The topological polar surface area (TPSA) is 29.5 Å². The van der Waals surface area contributed by atoms with Crippen LogP contribution in [0.5, 0.6) is 0 Å². The monoisotopic (exact) mass is 152 g/mol. The van der Waals surface area contributed by atoms with Gasteiger partial charge >= 0.3 is 0 Å². The zero-order valence-corrected chi connectivity index (χ0v) is 5.52. The van der Waals surface area contributed by atoms with Gasteiger partial charge in [0, 0.05) is 6.61 Å². The molecule has 60 valence electrons. The second-order valence-corrected chi connectivity index (χ2v) is 2.42. The fourth-order valence-corrected chi connectivity index (χ4v) is 1.01. The number of hydrogen-bond donors (Lipinski definition) is 1. The van der Waals surface area contributed by atoms with Gasteiger partial charge < -0.3 is 9.84 Å². The van der Waals surface area contributed by atoms with E-state index in [0.717, 1.165) is 0 Å². The van der Waals surface area contributed by atoms with Gasteiger partial charge in [0.05, 0.1) is 0 Å². The van der Waals surface area contributed by atoms with Gasteiger partial charge in [-0.05, 0) is 12.8 Å². The number of aliphatic hydroxyl groups is 1. The first kappa shape index (κ1) is 7.88. The highest BCUT2D eigenvalue weighted by Gasteiger charge is 2.41. The maximum Gasteiger partial charge on any atom is 0.296 e. The molecule has 0 spiro atoms. The van der Waals surface area contributed by atoms with Crippen molar-refractivity contribution in [3.05, 3.63) is 0 Å². The van der Waals surface area contributed by atoms with Crippen molar-refractivity contribution in [1.82, 2.24) is 0 Å². The molecule has 1 N–H and O–H groups in total. The highest BCUT2D eigenvalue weighted by Crippen LogP contribution is 2.28. The normalized spacial score (nSPS) is 27.3. The summed E-state index contributed by atoms with van der Waals surface area (Å²) >= 11 is 0. The Morgan fingerprint density at radius 1 is 1.60 bits per heavy atom. The van der Waals surface area contributed by atoms with Crippen molar-refractivity contribution in [3.8, 4) is 0 Å². The summed E-state index contributed by atoms with van der Waals surface area (Å²) in [6.07, 6.45) is -0.0362. The smallest absolute Gasteiger partial charge is 0.296 e. The molecule has 0 amide bonds. The fraction of sp³-hybridized carbons (Fsp3) is 1.00. The van der Waals surface area contributed by atoms with E-state index in [1.807, 2.05) is 0 Å². The third-order valence-corrected chi connectivity index (χ3v) is 1.61. The van der Waals surface area contributed by atoms with Crippen LogP contribution >= 0.6 is 0 Å². The van der Waals surface area contributed by atoms with Crippen molar-refractivity contribution >= 4 is 0 Å². The van der Waals surface area contributed by atoms with Gasteiger partial charge in [-0.3, -0.25) is 0 Å².